The molecule has 2 aromatic rings. The molecule has 7 heteroatoms. The van der Waals surface area contributed by atoms with E-state index < -0.39 is 6.03 Å². The van der Waals surface area contributed by atoms with Gasteiger partial charge in [-0.25, -0.2) is 10.2 Å². The number of hydrazone groups is 1. The SMILES string of the molecule is COc1ccc(NC(=O)N/N=C/c2ccc(Cl)s2)cc1. The Morgan fingerprint density at radius 1 is 1.30 bits per heavy atom. The second-order valence-electron chi connectivity index (χ2n) is 3.69. The van der Waals surface area contributed by atoms with Gasteiger partial charge in [-0.2, -0.15) is 5.10 Å². The van der Waals surface area contributed by atoms with Crippen molar-refractivity contribution in [3.63, 3.8) is 0 Å². The van der Waals surface area contributed by atoms with Gasteiger partial charge in [0.15, 0.2) is 0 Å². The van der Waals surface area contributed by atoms with Crippen LogP contribution in [0.1, 0.15) is 4.88 Å². The summed E-state index contributed by atoms with van der Waals surface area (Å²) in [5.41, 5.74) is 3.02. The van der Waals surface area contributed by atoms with E-state index in [0.29, 0.717) is 10.0 Å². The van der Waals surface area contributed by atoms with Crippen LogP contribution in [0.5, 0.6) is 5.75 Å². The van der Waals surface area contributed by atoms with E-state index in [4.69, 9.17) is 16.3 Å². The lowest BCUT2D eigenvalue weighted by atomic mass is 10.3. The Hall–Kier alpha value is -2.05. The molecule has 0 saturated heterocycles. The number of rotatable bonds is 4. The molecule has 2 rings (SSSR count). The number of carbonyl (C=O) groups excluding carboxylic acids is 1. The van der Waals surface area contributed by atoms with Gasteiger partial charge >= 0.3 is 6.03 Å². The molecule has 2 N–H and O–H groups in total. The normalized spacial score (nSPS) is 10.5. The number of methoxy groups -OCH3 is 1. The largest absolute Gasteiger partial charge is 0.497 e. The van der Waals surface area contributed by atoms with Crippen LogP contribution < -0.4 is 15.5 Å². The van der Waals surface area contributed by atoms with E-state index >= 15 is 0 Å². The lowest BCUT2D eigenvalue weighted by Gasteiger charge is -2.05. The first-order valence-electron chi connectivity index (χ1n) is 5.67. The van der Waals surface area contributed by atoms with Crippen LogP contribution in [0.4, 0.5) is 10.5 Å². The molecular formula is C13H12ClN3O2S. The summed E-state index contributed by atoms with van der Waals surface area (Å²) in [5, 5.41) is 6.47. The maximum absolute atomic E-state index is 11.6. The van der Waals surface area contributed by atoms with Crippen LogP contribution in [0.15, 0.2) is 41.5 Å². The lowest BCUT2D eigenvalue weighted by molar-refractivity contribution is 0.252. The van der Waals surface area contributed by atoms with Gasteiger partial charge in [-0.3, -0.25) is 0 Å². The highest BCUT2D eigenvalue weighted by Gasteiger charge is 2.00. The first kappa shape index (κ1) is 14.4. The highest BCUT2D eigenvalue weighted by molar-refractivity contribution is 7.17. The Bertz CT molecular complexity index is 610. The molecule has 0 atom stereocenters. The number of carbonyl (C=O) groups is 1. The van der Waals surface area contributed by atoms with E-state index in [9.17, 15) is 4.79 Å². The highest BCUT2D eigenvalue weighted by Crippen LogP contribution is 2.19. The molecule has 0 radical (unpaired) electrons. The zero-order valence-electron chi connectivity index (χ0n) is 10.6. The number of amides is 2. The molecule has 2 amide bonds. The van der Waals surface area contributed by atoms with Crippen LogP contribution in [0.2, 0.25) is 4.34 Å². The van der Waals surface area contributed by atoms with E-state index in [1.807, 2.05) is 6.07 Å². The van der Waals surface area contributed by atoms with Gasteiger partial charge in [-0.05, 0) is 36.4 Å². The number of anilines is 1. The predicted octanol–water partition coefficient (Wildman–Crippen LogP) is 3.57. The maximum Gasteiger partial charge on any atom is 0.339 e. The monoisotopic (exact) mass is 309 g/mol. The molecule has 5 nitrogen and oxygen atoms in total. The number of benzene rings is 1. The summed E-state index contributed by atoms with van der Waals surface area (Å²) in [5.74, 6) is 0.726. The van der Waals surface area contributed by atoms with Crippen molar-refractivity contribution in [2.45, 2.75) is 0 Å². The average molecular weight is 310 g/mol. The van der Waals surface area contributed by atoms with Crippen LogP contribution >= 0.6 is 22.9 Å². The van der Waals surface area contributed by atoms with Gasteiger partial charge < -0.3 is 10.1 Å². The van der Waals surface area contributed by atoms with E-state index in [2.05, 4.69) is 15.8 Å². The summed E-state index contributed by atoms with van der Waals surface area (Å²) in [6.45, 7) is 0. The molecule has 1 aromatic carbocycles. The highest BCUT2D eigenvalue weighted by atomic mass is 35.5. The summed E-state index contributed by atoms with van der Waals surface area (Å²) in [6, 6.07) is 10.2. The third-order valence-electron chi connectivity index (χ3n) is 2.30. The lowest BCUT2D eigenvalue weighted by Crippen LogP contribution is -2.24. The third-order valence-corrected chi connectivity index (χ3v) is 3.47. The zero-order chi connectivity index (χ0) is 14.4. The van der Waals surface area contributed by atoms with Gasteiger partial charge in [-0.15, -0.1) is 11.3 Å². The van der Waals surface area contributed by atoms with E-state index in [1.54, 1.807) is 37.4 Å². The van der Waals surface area contributed by atoms with Gasteiger partial charge in [0.1, 0.15) is 5.75 Å². The summed E-state index contributed by atoms with van der Waals surface area (Å²) in [7, 11) is 1.58. The molecule has 0 unspecified atom stereocenters. The number of nitrogens with zero attached hydrogens (tertiary/aromatic N) is 1. The Morgan fingerprint density at radius 2 is 2.05 bits per heavy atom. The molecule has 0 fully saturated rings. The fourth-order valence-corrected chi connectivity index (χ4v) is 2.32. The number of hydrogen-bond acceptors (Lipinski definition) is 4. The number of thiophene rings is 1. The number of ether oxygens (including phenoxy) is 1. The van der Waals surface area contributed by atoms with Gasteiger partial charge in [0.25, 0.3) is 0 Å². The Balaban J connectivity index is 1.84. The molecule has 0 spiro atoms. The average Bonchev–Trinajstić information content (AvgIpc) is 2.85. The molecular weight excluding hydrogens is 298 g/mol. The molecule has 0 aliphatic heterocycles. The van der Waals surface area contributed by atoms with E-state index in [1.165, 1.54) is 17.6 Å². The minimum Gasteiger partial charge on any atom is -0.497 e. The number of urea groups is 1. The van der Waals surface area contributed by atoms with Crippen LogP contribution in [-0.2, 0) is 0 Å². The third kappa shape index (κ3) is 4.25. The second kappa shape index (κ2) is 6.93. The number of halogens is 1. The minimum absolute atomic E-state index is 0.422. The van der Waals surface area contributed by atoms with Crippen molar-refractivity contribution in [1.29, 1.82) is 0 Å². The minimum atomic E-state index is -0.422. The smallest absolute Gasteiger partial charge is 0.339 e. The molecule has 0 bridgehead atoms. The Morgan fingerprint density at radius 3 is 2.65 bits per heavy atom. The van der Waals surface area contributed by atoms with Gasteiger partial charge in [0, 0.05) is 10.6 Å². The van der Waals surface area contributed by atoms with Crippen molar-refractivity contribution in [2.24, 2.45) is 5.10 Å². The summed E-state index contributed by atoms with van der Waals surface area (Å²) >= 11 is 7.16. The van der Waals surface area contributed by atoms with Crippen molar-refractivity contribution in [2.75, 3.05) is 12.4 Å². The zero-order valence-corrected chi connectivity index (χ0v) is 12.2. The number of hydrogen-bond donors (Lipinski definition) is 2. The first-order chi connectivity index (χ1) is 9.67. The molecule has 0 aliphatic rings. The van der Waals surface area contributed by atoms with Crippen LogP contribution in [-0.4, -0.2) is 19.4 Å². The quantitative estimate of drug-likeness (QED) is 0.670. The molecule has 1 heterocycles. The number of nitrogens with one attached hydrogen (secondary N) is 2. The van der Waals surface area contributed by atoms with Crippen LogP contribution in [0, 0.1) is 0 Å². The molecule has 20 heavy (non-hydrogen) atoms. The van der Waals surface area contributed by atoms with Gasteiger partial charge in [0.05, 0.1) is 17.7 Å². The van der Waals surface area contributed by atoms with Gasteiger partial charge in [0.2, 0.25) is 0 Å². The molecule has 0 aliphatic carbocycles. The van der Waals surface area contributed by atoms with Gasteiger partial charge in [-0.1, -0.05) is 11.6 Å². The van der Waals surface area contributed by atoms with Crippen molar-refractivity contribution < 1.29 is 9.53 Å². The fraction of sp³-hybridized carbons (Fsp3) is 0.0769. The van der Waals surface area contributed by atoms with E-state index in [-0.39, 0.29) is 0 Å². The second-order valence-corrected chi connectivity index (χ2v) is 5.44. The first-order valence-corrected chi connectivity index (χ1v) is 6.86. The molecule has 1 aromatic heterocycles. The van der Waals surface area contributed by atoms with Crippen molar-refractivity contribution >= 4 is 40.9 Å². The Kier molecular flexibility index (Phi) is 4.97. The van der Waals surface area contributed by atoms with Crippen molar-refractivity contribution in [3.05, 3.63) is 45.6 Å². The van der Waals surface area contributed by atoms with Crippen molar-refractivity contribution in [3.8, 4) is 5.75 Å². The summed E-state index contributed by atoms with van der Waals surface area (Å²) in [6.07, 6.45) is 1.53. The van der Waals surface area contributed by atoms with Crippen LogP contribution in [0.25, 0.3) is 0 Å². The van der Waals surface area contributed by atoms with Crippen molar-refractivity contribution in [1.82, 2.24) is 5.43 Å². The molecule has 0 saturated carbocycles. The summed E-state index contributed by atoms with van der Waals surface area (Å²) in [4.78, 5) is 12.4. The Labute approximate surface area is 125 Å². The predicted molar refractivity (Wildman–Crippen MR) is 82.1 cm³/mol. The standard InChI is InChI=1S/C13H12ClN3O2S/c1-19-10-4-2-9(3-5-10)16-13(18)17-15-8-11-6-7-12(14)20-11/h2-8H,1H3,(H2,16,17,18)/b15-8+. The fourth-order valence-electron chi connectivity index (χ4n) is 1.39. The van der Waals surface area contributed by atoms with Crippen LogP contribution in [0.3, 0.4) is 0 Å². The maximum atomic E-state index is 11.6. The van der Waals surface area contributed by atoms with E-state index in [0.717, 1.165) is 10.6 Å². The summed E-state index contributed by atoms with van der Waals surface area (Å²) < 4.78 is 5.70. The topological polar surface area (TPSA) is 62.7 Å². The molecule has 104 valence electrons.